The van der Waals surface area contributed by atoms with E-state index < -0.39 is 12.1 Å². The van der Waals surface area contributed by atoms with Crippen LogP contribution in [0.15, 0.2) is 48.5 Å². The van der Waals surface area contributed by atoms with Crippen LogP contribution in [0.5, 0.6) is 0 Å². The predicted octanol–water partition coefficient (Wildman–Crippen LogP) is 3.81. The van der Waals surface area contributed by atoms with Crippen LogP contribution in [0.1, 0.15) is 27.7 Å². The van der Waals surface area contributed by atoms with E-state index in [1.807, 2.05) is 36.4 Å². The third kappa shape index (κ3) is 4.74. The van der Waals surface area contributed by atoms with Crippen LogP contribution in [-0.2, 0) is 11.2 Å². The third-order valence-corrected chi connectivity index (χ3v) is 4.91. The van der Waals surface area contributed by atoms with Crippen molar-refractivity contribution in [1.29, 1.82) is 0 Å². The Morgan fingerprint density at radius 2 is 1.83 bits per heavy atom. The highest BCUT2D eigenvalue weighted by atomic mass is 35.5. The summed E-state index contributed by atoms with van der Waals surface area (Å²) < 4.78 is 31.7. The van der Waals surface area contributed by atoms with Crippen molar-refractivity contribution in [2.75, 3.05) is 0 Å². The Balaban J connectivity index is 0.000000318. The average molecular weight is 440 g/mol. The molecule has 0 unspecified atom stereocenters. The summed E-state index contributed by atoms with van der Waals surface area (Å²) in [6, 6.07) is 15.1. The van der Waals surface area contributed by atoms with E-state index >= 15 is 0 Å². The van der Waals surface area contributed by atoms with Crippen LogP contribution < -0.4 is 11.1 Å². The molecule has 158 valence electrons. The monoisotopic (exact) mass is 439 g/mol. The van der Waals surface area contributed by atoms with Crippen molar-refractivity contribution in [2.45, 2.75) is 24.7 Å². The van der Waals surface area contributed by atoms with E-state index in [1.54, 1.807) is 6.07 Å². The minimum Gasteiger partial charge on any atom is -0.475 e. The first-order valence-corrected chi connectivity index (χ1v) is 9.16. The van der Waals surface area contributed by atoms with E-state index in [-0.39, 0.29) is 18.0 Å². The molecular formula is C20H17ClF3N3O3. The fourth-order valence-corrected chi connectivity index (χ4v) is 3.42. The van der Waals surface area contributed by atoms with E-state index in [9.17, 15) is 18.0 Å². The van der Waals surface area contributed by atoms with Crippen molar-refractivity contribution in [1.82, 2.24) is 10.3 Å². The lowest BCUT2D eigenvalue weighted by Crippen LogP contribution is -2.40. The number of aromatic nitrogens is 1. The molecule has 1 aliphatic rings. The Labute approximate surface area is 173 Å². The molecule has 0 saturated heterocycles. The Morgan fingerprint density at radius 1 is 1.17 bits per heavy atom. The molecule has 0 fully saturated rings. The third-order valence-electron chi connectivity index (χ3n) is 4.67. The van der Waals surface area contributed by atoms with Gasteiger partial charge in [-0.25, -0.2) is 4.79 Å². The first-order chi connectivity index (χ1) is 14.1. The summed E-state index contributed by atoms with van der Waals surface area (Å²) in [5, 5.41) is 11.7. The van der Waals surface area contributed by atoms with Gasteiger partial charge in [0.2, 0.25) is 0 Å². The zero-order chi connectivity index (χ0) is 22.1. The van der Waals surface area contributed by atoms with Crippen LogP contribution in [0, 0.1) is 0 Å². The zero-order valence-electron chi connectivity index (χ0n) is 15.3. The number of H-pyrrole nitrogens is 1. The van der Waals surface area contributed by atoms with Gasteiger partial charge in [-0.2, -0.15) is 13.2 Å². The quantitative estimate of drug-likeness (QED) is 0.487. The molecule has 0 spiro atoms. The maximum absolute atomic E-state index is 12.5. The molecule has 0 radical (unpaired) electrons. The van der Waals surface area contributed by atoms with Crippen molar-refractivity contribution >= 4 is 34.4 Å². The van der Waals surface area contributed by atoms with Gasteiger partial charge in [0.25, 0.3) is 5.91 Å². The van der Waals surface area contributed by atoms with Crippen LogP contribution in [0.4, 0.5) is 13.2 Å². The van der Waals surface area contributed by atoms with E-state index in [2.05, 4.69) is 16.4 Å². The van der Waals surface area contributed by atoms with Crippen LogP contribution in [0.25, 0.3) is 10.9 Å². The molecule has 10 heteroatoms. The van der Waals surface area contributed by atoms with Crippen LogP contribution in [0.3, 0.4) is 0 Å². The standard InChI is InChI=1S/C18H16ClN3O.C2HF3O2/c19-12-5-6-14-11(7-12)9-16(21-14)18(23)22-15-8-10-3-1-2-4-13(10)17(15)20;3-2(4,5)1(6)7/h1-7,9,15,17,21H,8,20H2,(H,22,23);(H,6,7)/t15-,17-;/m1./s1. The lowest BCUT2D eigenvalue weighted by Gasteiger charge is -2.17. The molecule has 1 amide bonds. The highest BCUT2D eigenvalue weighted by molar-refractivity contribution is 6.31. The van der Waals surface area contributed by atoms with Gasteiger partial charge in [0.15, 0.2) is 0 Å². The summed E-state index contributed by atoms with van der Waals surface area (Å²) in [5.74, 6) is -2.90. The van der Waals surface area contributed by atoms with Gasteiger partial charge < -0.3 is 21.1 Å². The van der Waals surface area contributed by atoms with Crippen molar-refractivity contribution in [2.24, 2.45) is 5.73 Å². The summed E-state index contributed by atoms with van der Waals surface area (Å²) in [5.41, 5.74) is 9.99. The Hall–Kier alpha value is -3.04. The van der Waals surface area contributed by atoms with Crippen molar-refractivity contribution in [3.05, 3.63) is 70.4 Å². The lowest BCUT2D eigenvalue weighted by atomic mass is 10.1. The van der Waals surface area contributed by atoms with Gasteiger partial charge in [-0.3, -0.25) is 4.79 Å². The molecule has 0 aliphatic heterocycles. The number of carboxylic acids is 1. The number of nitrogens with one attached hydrogen (secondary N) is 2. The van der Waals surface area contributed by atoms with Gasteiger partial charge in [0.1, 0.15) is 5.69 Å². The van der Waals surface area contributed by atoms with E-state index in [0.717, 1.165) is 22.9 Å². The molecule has 5 N–H and O–H groups in total. The number of aliphatic carboxylic acids is 1. The molecule has 1 aromatic heterocycles. The first-order valence-electron chi connectivity index (χ1n) is 8.79. The van der Waals surface area contributed by atoms with Gasteiger partial charge >= 0.3 is 12.1 Å². The number of benzene rings is 2. The number of aromatic amines is 1. The van der Waals surface area contributed by atoms with Crippen LogP contribution >= 0.6 is 11.6 Å². The molecule has 1 aliphatic carbocycles. The first kappa shape index (κ1) is 21.7. The maximum Gasteiger partial charge on any atom is 0.490 e. The van der Waals surface area contributed by atoms with E-state index in [4.69, 9.17) is 27.2 Å². The average Bonchev–Trinajstić information content (AvgIpc) is 3.23. The highest BCUT2D eigenvalue weighted by Crippen LogP contribution is 2.29. The number of carboxylic acid groups (broad SMARTS) is 1. The summed E-state index contributed by atoms with van der Waals surface area (Å²) in [6.07, 6.45) is -4.32. The Kier molecular flexibility index (Phi) is 6.04. The van der Waals surface area contributed by atoms with Crippen LogP contribution in [-0.4, -0.2) is 34.2 Å². The molecule has 2 atom stereocenters. The Bertz CT molecular complexity index is 1100. The number of rotatable bonds is 2. The van der Waals surface area contributed by atoms with Crippen LogP contribution in [0.2, 0.25) is 5.02 Å². The summed E-state index contributed by atoms with van der Waals surface area (Å²) in [6.45, 7) is 0. The number of alkyl halides is 3. The van der Waals surface area contributed by atoms with Gasteiger partial charge in [-0.05, 0) is 41.8 Å². The molecule has 0 saturated carbocycles. The maximum atomic E-state index is 12.5. The summed E-state index contributed by atoms with van der Waals surface area (Å²) >= 11 is 5.98. The minimum absolute atomic E-state index is 0.0881. The van der Waals surface area contributed by atoms with Crippen molar-refractivity contribution in [3.63, 3.8) is 0 Å². The topological polar surface area (TPSA) is 108 Å². The number of fused-ring (bicyclic) bond motifs is 2. The fourth-order valence-electron chi connectivity index (χ4n) is 3.24. The largest absolute Gasteiger partial charge is 0.490 e. The second kappa shape index (κ2) is 8.37. The summed E-state index contributed by atoms with van der Waals surface area (Å²) in [7, 11) is 0. The van der Waals surface area contributed by atoms with Gasteiger partial charge in [0, 0.05) is 15.9 Å². The molecular weight excluding hydrogens is 423 g/mol. The normalized spacial score (nSPS) is 17.8. The zero-order valence-corrected chi connectivity index (χ0v) is 16.1. The molecule has 6 nitrogen and oxygen atoms in total. The number of carbonyl (C=O) groups is 2. The smallest absolute Gasteiger partial charge is 0.475 e. The van der Waals surface area contributed by atoms with Crippen molar-refractivity contribution < 1.29 is 27.9 Å². The SMILES string of the molecule is N[C@@H]1c2ccccc2C[C@H]1NC(=O)c1cc2cc(Cl)ccc2[nH]1.O=C(O)C(F)(F)F. The number of hydrogen-bond acceptors (Lipinski definition) is 3. The molecule has 30 heavy (non-hydrogen) atoms. The fraction of sp³-hybridized carbons (Fsp3) is 0.200. The molecule has 4 rings (SSSR count). The second-order valence-corrected chi connectivity index (χ2v) is 7.16. The predicted molar refractivity (Wildman–Crippen MR) is 105 cm³/mol. The van der Waals surface area contributed by atoms with Crippen molar-refractivity contribution in [3.8, 4) is 0 Å². The second-order valence-electron chi connectivity index (χ2n) is 6.73. The molecule has 1 heterocycles. The minimum atomic E-state index is -5.08. The number of hydrogen-bond donors (Lipinski definition) is 4. The van der Waals surface area contributed by atoms with Gasteiger partial charge in [-0.15, -0.1) is 0 Å². The van der Waals surface area contributed by atoms with Gasteiger partial charge in [-0.1, -0.05) is 35.9 Å². The number of amides is 1. The molecule has 3 aromatic rings. The number of halogens is 4. The lowest BCUT2D eigenvalue weighted by molar-refractivity contribution is -0.192. The van der Waals surface area contributed by atoms with E-state index in [1.165, 1.54) is 5.56 Å². The molecule has 0 bridgehead atoms. The Morgan fingerprint density at radius 3 is 2.47 bits per heavy atom. The highest BCUT2D eigenvalue weighted by Gasteiger charge is 2.38. The summed E-state index contributed by atoms with van der Waals surface area (Å²) in [4.78, 5) is 24.5. The number of carbonyl (C=O) groups excluding carboxylic acids is 1. The number of nitrogens with two attached hydrogens (primary N) is 1. The van der Waals surface area contributed by atoms with E-state index in [0.29, 0.717) is 10.7 Å². The molecule has 2 aromatic carbocycles. The van der Waals surface area contributed by atoms with Gasteiger partial charge in [0.05, 0.1) is 12.1 Å².